The Labute approximate surface area is 104 Å². The van der Waals surface area contributed by atoms with Crippen molar-refractivity contribution in [3.63, 3.8) is 0 Å². The van der Waals surface area contributed by atoms with Crippen molar-refractivity contribution in [2.75, 3.05) is 0 Å². The molecule has 0 fully saturated rings. The Morgan fingerprint density at radius 2 is 2.11 bits per heavy atom. The quantitative estimate of drug-likeness (QED) is 0.371. The molecule has 92 valence electrons. The van der Waals surface area contributed by atoms with Gasteiger partial charge in [0.25, 0.3) is 0 Å². The monoisotopic (exact) mass is 244 g/mol. The Hall–Kier alpha value is -2.63. The maximum Gasteiger partial charge on any atom is 0.188 e. The first kappa shape index (κ1) is 11.8. The summed E-state index contributed by atoms with van der Waals surface area (Å²) in [6, 6.07) is 6.91. The van der Waals surface area contributed by atoms with E-state index in [4.69, 9.17) is 15.7 Å². The molecule has 0 aliphatic heterocycles. The van der Waals surface area contributed by atoms with Crippen molar-refractivity contribution in [3.05, 3.63) is 48.0 Å². The van der Waals surface area contributed by atoms with Gasteiger partial charge in [0.1, 0.15) is 17.2 Å². The largest absolute Gasteiger partial charge is 0.456 e. The molecule has 6 nitrogen and oxygen atoms in total. The van der Waals surface area contributed by atoms with Crippen LogP contribution in [0, 0.1) is 6.92 Å². The molecule has 2 heterocycles. The van der Waals surface area contributed by atoms with Gasteiger partial charge in [-0.25, -0.2) is 0 Å². The number of rotatable bonds is 3. The van der Waals surface area contributed by atoms with Crippen LogP contribution in [-0.2, 0) is 0 Å². The molecule has 2 rings (SSSR count). The van der Waals surface area contributed by atoms with Crippen LogP contribution in [-0.4, -0.2) is 21.0 Å². The molecule has 2 aromatic rings. The normalized spacial score (nSPS) is 11.3. The van der Waals surface area contributed by atoms with Crippen molar-refractivity contribution in [1.29, 1.82) is 0 Å². The number of nitrogens with zero attached hydrogens (tertiary/aromatic N) is 3. The summed E-state index contributed by atoms with van der Waals surface area (Å²) >= 11 is 0. The van der Waals surface area contributed by atoms with Crippen molar-refractivity contribution in [3.8, 4) is 11.5 Å². The smallest absolute Gasteiger partial charge is 0.188 e. The number of ether oxygens (including phenoxy) is 1. The summed E-state index contributed by atoms with van der Waals surface area (Å²) in [6.45, 7) is 1.90. The molecule has 6 heteroatoms. The van der Waals surface area contributed by atoms with Crippen LogP contribution < -0.4 is 10.5 Å². The summed E-state index contributed by atoms with van der Waals surface area (Å²) in [5, 5.41) is 11.5. The zero-order valence-corrected chi connectivity index (χ0v) is 9.74. The van der Waals surface area contributed by atoms with E-state index in [1.165, 1.54) is 6.20 Å². The lowest BCUT2D eigenvalue weighted by molar-refractivity contribution is 0.318. The van der Waals surface area contributed by atoms with Gasteiger partial charge in [0.05, 0.1) is 6.20 Å². The highest BCUT2D eigenvalue weighted by atomic mass is 16.5. The second kappa shape index (κ2) is 5.13. The molecule has 2 aromatic heterocycles. The second-order valence-corrected chi connectivity index (χ2v) is 3.60. The van der Waals surface area contributed by atoms with Gasteiger partial charge in [-0.15, -0.1) is 0 Å². The fraction of sp³-hybridized carbons (Fsp3) is 0.0833. The Morgan fingerprint density at radius 3 is 2.78 bits per heavy atom. The van der Waals surface area contributed by atoms with Gasteiger partial charge in [-0.2, -0.15) is 0 Å². The van der Waals surface area contributed by atoms with Crippen molar-refractivity contribution < 1.29 is 9.94 Å². The minimum Gasteiger partial charge on any atom is -0.456 e. The first-order chi connectivity index (χ1) is 8.69. The molecule has 0 aliphatic rings. The third kappa shape index (κ3) is 2.73. The van der Waals surface area contributed by atoms with Crippen molar-refractivity contribution >= 4 is 5.84 Å². The number of aryl methyl sites for hydroxylation is 1. The molecular formula is C12H12N4O2. The molecule has 0 aliphatic carbocycles. The standard InChI is InChI=1S/C12H12N4O2/c1-8-2-3-10(7-15-8)18-9-4-5-14-11(6-9)12(13)16-17/h2-7,17H,1H3,(H2,13,16). The average molecular weight is 244 g/mol. The molecule has 18 heavy (non-hydrogen) atoms. The number of amidine groups is 1. The van der Waals surface area contributed by atoms with E-state index in [0.717, 1.165) is 5.69 Å². The molecule has 0 atom stereocenters. The third-order valence-electron chi connectivity index (χ3n) is 2.22. The first-order valence-electron chi connectivity index (χ1n) is 5.23. The number of nitrogens with two attached hydrogens (primary N) is 1. The molecule has 3 N–H and O–H groups in total. The Bertz CT molecular complexity index is 567. The highest BCUT2D eigenvalue weighted by Gasteiger charge is 2.04. The number of oxime groups is 1. The van der Waals surface area contributed by atoms with Gasteiger partial charge in [0.2, 0.25) is 0 Å². The summed E-state index contributed by atoms with van der Waals surface area (Å²) in [5.41, 5.74) is 6.70. The maximum absolute atomic E-state index is 8.57. The van der Waals surface area contributed by atoms with Crippen LogP contribution in [0.4, 0.5) is 0 Å². The molecule has 0 bridgehead atoms. The van der Waals surface area contributed by atoms with E-state index < -0.39 is 0 Å². The third-order valence-corrected chi connectivity index (χ3v) is 2.22. The Balaban J connectivity index is 2.22. The van der Waals surface area contributed by atoms with Crippen LogP contribution in [0.25, 0.3) is 0 Å². The van der Waals surface area contributed by atoms with Crippen molar-refractivity contribution in [2.45, 2.75) is 6.92 Å². The van der Waals surface area contributed by atoms with Crippen LogP contribution >= 0.6 is 0 Å². The maximum atomic E-state index is 8.57. The summed E-state index contributed by atoms with van der Waals surface area (Å²) in [7, 11) is 0. The van der Waals surface area contributed by atoms with E-state index in [9.17, 15) is 0 Å². The molecule has 0 radical (unpaired) electrons. The fourth-order valence-corrected chi connectivity index (χ4v) is 1.32. The molecule has 0 aromatic carbocycles. The van der Waals surface area contributed by atoms with Gasteiger partial charge < -0.3 is 15.7 Å². The van der Waals surface area contributed by atoms with Gasteiger partial charge >= 0.3 is 0 Å². The molecular weight excluding hydrogens is 232 g/mol. The lowest BCUT2D eigenvalue weighted by atomic mass is 10.3. The van der Waals surface area contributed by atoms with Crippen molar-refractivity contribution in [1.82, 2.24) is 9.97 Å². The number of pyridine rings is 2. The Kier molecular flexibility index (Phi) is 3.38. The van der Waals surface area contributed by atoms with E-state index in [-0.39, 0.29) is 5.84 Å². The fourth-order valence-electron chi connectivity index (χ4n) is 1.32. The predicted octanol–water partition coefficient (Wildman–Crippen LogP) is 1.67. The van der Waals surface area contributed by atoms with Gasteiger partial charge in [0.15, 0.2) is 5.84 Å². The zero-order chi connectivity index (χ0) is 13.0. The summed E-state index contributed by atoms with van der Waals surface area (Å²) in [4.78, 5) is 8.07. The zero-order valence-electron chi connectivity index (χ0n) is 9.74. The number of hydrogen-bond acceptors (Lipinski definition) is 5. The number of aromatic nitrogens is 2. The summed E-state index contributed by atoms with van der Waals surface area (Å²) in [5.74, 6) is 1.08. The van der Waals surface area contributed by atoms with Crippen LogP contribution in [0.1, 0.15) is 11.4 Å². The Morgan fingerprint density at radius 1 is 1.28 bits per heavy atom. The molecule has 0 amide bonds. The van der Waals surface area contributed by atoms with Crippen LogP contribution in [0.5, 0.6) is 11.5 Å². The lowest BCUT2D eigenvalue weighted by Crippen LogP contribution is -2.14. The van der Waals surface area contributed by atoms with E-state index in [1.807, 2.05) is 19.1 Å². The van der Waals surface area contributed by atoms with Crippen molar-refractivity contribution in [2.24, 2.45) is 10.9 Å². The topological polar surface area (TPSA) is 93.6 Å². The minimum absolute atomic E-state index is 0.0671. The van der Waals surface area contributed by atoms with Crippen LogP contribution in [0.15, 0.2) is 41.8 Å². The average Bonchev–Trinajstić information content (AvgIpc) is 2.41. The lowest BCUT2D eigenvalue weighted by Gasteiger charge is -2.06. The highest BCUT2D eigenvalue weighted by molar-refractivity contribution is 5.95. The van der Waals surface area contributed by atoms with Crippen LogP contribution in [0.3, 0.4) is 0 Å². The van der Waals surface area contributed by atoms with E-state index in [0.29, 0.717) is 17.2 Å². The predicted molar refractivity (Wildman–Crippen MR) is 65.8 cm³/mol. The first-order valence-corrected chi connectivity index (χ1v) is 5.23. The van der Waals surface area contributed by atoms with Gasteiger partial charge in [-0.1, -0.05) is 5.16 Å². The van der Waals surface area contributed by atoms with E-state index in [1.54, 1.807) is 18.3 Å². The SMILES string of the molecule is Cc1ccc(Oc2ccnc(C(N)=NO)c2)cn1. The second-order valence-electron chi connectivity index (χ2n) is 3.60. The molecule has 0 saturated carbocycles. The van der Waals surface area contributed by atoms with E-state index in [2.05, 4.69) is 15.1 Å². The molecule has 0 saturated heterocycles. The minimum atomic E-state index is -0.0671. The van der Waals surface area contributed by atoms with Crippen LogP contribution in [0.2, 0.25) is 0 Å². The summed E-state index contributed by atoms with van der Waals surface area (Å²) in [6.07, 6.45) is 3.14. The summed E-state index contributed by atoms with van der Waals surface area (Å²) < 4.78 is 5.57. The molecule has 0 unspecified atom stereocenters. The number of hydrogen-bond donors (Lipinski definition) is 2. The van der Waals surface area contributed by atoms with Gasteiger partial charge in [-0.3, -0.25) is 9.97 Å². The van der Waals surface area contributed by atoms with Gasteiger partial charge in [0, 0.05) is 18.0 Å². The molecule has 0 spiro atoms. The van der Waals surface area contributed by atoms with E-state index >= 15 is 0 Å². The van der Waals surface area contributed by atoms with Gasteiger partial charge in [-0.05, 0) is 25.1 Å². The highest BCUT2D eigenvalue weighted by Crippen LogP contribution is 2.20.